The number of carbonyl (C=O) groups excluding carboxylic acids is 1. The SMILES string of the molecule is CO[C@H]1C[C@@H](CN(C)C(=O)C2(OC)CCOCC2)N(C)C1. The largest absolute Gasteiger partial charge is 0.381 e. The Balaban J connectivity index is 1.95. The number of methoxy groups -OCH3 is 2. The number of amides is 1. The van der Waals surface area contributed by atoms with Crippen molar-refractivity contribution >= 4 is 5.91 Å². The molecule has 0 spiro atoms. The van der Waals surface area contributed by atoms with Crippen LogP contribution in [-0.2, 0) is 19.0 Å². The average molecular weight is 300 g/mol. The third-order valence-electron chi connectivity index (χ3n) is 4.90. The van der Waals surface area contributed by atoms with E-state index < -0.39 is 5.60 Å². The van der Waals surface area contributed by atoms with E-state index in [0.29, 0.717) is 38.6 Å². The Kier molecular flexibility index (Phi) is 5.60. The molecule has 0 saturated carbocycles. The van der Waals surface area contributed by atoms with Crippen molar-refractivity contribution in [2.75, 3.05) is 54.6 Å². The lowest BCUT2D eigenvalue weighted by molar-refractivity contribution is -0.165. The third-order valence-corrected chi connectivity index (χ3v) is 4.90. The van der Waals surface area contributed by atoms with Crippen LogP contribution in [0.2, 0.25) is 0 Å². The maximum Gasteiger partial charge on any atom is 0.254 e. The van der Waals surface area contributed by atoms with Crippen LogP contribution in [0, 0.1) is 0 Å². The second-order valence-corrected chi connectivity index (χ2v) is 6.18. The smallest absolute Gasteiger partial charge is 0.254 e. The Hall–Kier alpha value is -0.690. The van der Waals surface area contributed by atoms with Crippen molar-refractivity contribution < 1.29 is 19.0 Å². The zero-order valence-corrected chi connectivity index (χ0v) is 13.6. The van der Waals surface area contributed by atoms with Crippen LogP contribution in [0.15, 0.2) is 0 Å². The topological polar surface area (TPSA) is 51.2 Å². The van der Waals surface area contributed by atoms with Crippen molar-refractivity contribution in [2.45, 2.75) is 37.0 Å². The number of likely N-dealkylation sites (N-methyl/N-ethyl adjacent to an activating group) is 2. The predicted octanol–water partition coefficient (Wildman–Crippen LogP) is 0.360. The highest BCUT2D eigenvalue weighted by atomic mass is 16.5. The van der Waals surface area contributed by atoms with E-state index in [4.69, 9.17) is 14.2 Å². The molecule has 2 aliphatic heterocycles. The molecule has 122 valence electrons. The van der Waals surface area contributed by atoms with Crippen LogP contribution < -0.4 is 0 Å². The Bertz CT molecular complexity index is 358. The molecule has 2 saturated heterocycles. The Morgan fingerprint density at radius 2 is 2.05 bits per heavy atom. The molecule has 2 aliphatic rings. The molecule has 0 aromatic heterocycles. The minimum Gasteiger partial charge on any atom is -0.381 e. The number of likely N-dealkylation sites (tertiary alicyclic amines) is 1. The van der Waals surface area contributed by atoms with Gasteiger partial charge in [0.1, 0.15) is 0 Å². The highest BCUT2D eigenvalue weighted by Gasteiger charge is 2.43. The average Bonchev–Trinajstić information content (AvgIpc) is 2.87. The molecule has 0 aliphatic carbocycles. The van der Waals surface area contributed by atoms with Crippen molar-refractivity contribution in [1.82, 2.24) is 9.80 Å². The van der Waals surface area contributed by atoms with Gasteiger partial charge in [0.2, 0.25) is 0 Å². The minimum absolute atomic E-state index is 0.0718. The number of carbonyl (C=O) groups is 1. The molecule has 1 amide bonds. The van der Waals surface area contributed by atoms with Crippen LogP contribution >= 0.6 is 0 Å². The summed E-state index contributed by atoms with van der Waals surface area (Å²) in [6.45, 7) is 2.80. The predicted molar refractivity (Wildman–Crippen MR) is 79.3 cm³/mol. The first kappa shape index (κ1) is 16.7. The van der Waals surface area contributed by atoms with Crippen LogP contribution in [-0.4, -0.2) is 88.1 Å². The highest BCUT2D eigenvalue weighted by Crippen LogP contribution is 2.27. The summed E-state index contributed by atoms with van der Waals surface area (Å²) in [4.78, 5) is 16.9. The van der Waals surface area contributed by atoms with E-state index >= 15 is 0 Å². The normalized spacial score (nSPS) is 29.5. The van der Waals surface area contributed by atoms with Crippen molar-refractivity contribution in [1.29, 1.82) is 0 Å². The molecule has 21 heavy (non-hydrogen) atoms. The summed E-state index contributed by atoms with van der Waals surface area (Å²) in [6, 6.07) is 0.345. The van der Waals surface area contributed by atoms with Crippen LogP contribution in [0.1, 0.15) is 19.3 Å². The minimum atomic E-state index is -0.704. The maximum absolute atomic E-state index is 12.8. The van der Waals surface area contributed by atoms with Crippen LogP contribution in [0.25, 0.3) is 0 Å². The number of nitrogens with zero attached hydrogens (tertiary/aromatic N) is 2. The summed E-state index contributed by atoms with van der Waals surface area (Å²) >= 11 is 0. The number of rotatable bonds is 5. The van der Waals surface area contributed by atoms with E-state index in [2.05, 4.69) is 11.9 Å². The van der Waals surface area contributed by atoms with Gasteiger partial charge >= 0.3 is 0 Å². The van der Waals surface area contributed by atoms with Crippen molar-refractivity contribution in [2.24, 2.45) is 0 Å². The van der Waals surface area contributed by atoms with Gasteiger partial charge in [-0.05, 0) is 13.5 Å². The standard InChI is InChI=1S/C15H28N2O4/c1-16-11-13(19-3)9-12(16)10-17(2)14(18)15(20-4)5-7-21-8-6-15/h12-13H,5-11H2,1-4H3/t12-,13-/m0/s1. The molecule has 0 bridgehead atoms. The van der Waals surface area contributed by atoms with E-state index in [1.54, 1.807) is 14.2 Å². The van der Waals surface area contributed by atoms with Gasteiger partial charge in [-0.3, -0.25) is 9.69 Å². The second kappa shape index (κ2) is 7.05. The van der Waals surface area contributed by atoms with E-state index in [1.165, 1.54) is 0 Å². The maximum atomic E-state index is 12.8. The summed E-state index contributed by atoms with van der Waals surface area (Å²) in [5, 5.41) is 0. The van der Waals surface area contributed by atoms with E-state index in [-0.39, 0.29) is 12.0 Å². The van der Waals surface area contributed by atoms with Gasteiger partial charge in [-0.1, -0.05) is 0 Å². The lowest BCUT2D eigenvalue weighted by atomic mass is 9.92. The fraction of sp³-hybridized carbons (Fsp3) is 0.933. The molecule has 0 aromatic rings. The second-order valence-electron chi connectivity index (χ2n) is 6.18. The highest BCUT2D eigenvalue weighted by molar-refractivity contribution is 5.85. The molecule has 0 aromatic carbocycles. The molecule has 2 rings (SSSR count). The Labute approximate surface area is 127 Å². The molecule has 6 heteroatoms. The zero-order chi connectivity index (χ0) is 15.5. The van der Waals surface area contributed by atoms with Gasteiger partial charge in [0.25, 0.3) is 5.91 Å². The zero-order valence-electron chi connectivity index (χ0n) is 13.6. The lowest BCUT2D eigenvalue weighted by Crippen LogP contribution is -2.54. The number of hydrogen-bond donors (Lipinski definition) is 0. The molecule has 2 atom stereocenters. The van der Waals surface area contributed by atoms with Crippen molar-refractivity contribution in [3.8, 4) is 0 Å². The molecule has 2 heterocycles. The molecular formula is C15H28N2O4. The van der Waals surface area contributed by atoms with Gasteiger partial charge in [0, 0.05) is 66.5 Å². The van der Waals surface area contributed by atoms with Gasteiger partial charge in [0.15, 0.2) is 5.60 Å². The number of ether oxygens (including phenoxy) is 3. The van der Waals surface area contributed by atoms with Crippen LogP contribution in [0.3, 0.4) is 0 Å². The fourth-order valence-corrected chi connectivity index (χ4v) is 3.37. The van der Waals surface area contributed by atoms with Crippen LogP contribution in [0.5, 0.6) is 0 Å². The third kappa shape index (κ3) is 3.56. The van der Waals surface area contributed by atoms with E-state index in [9.17, 15) is 4.79 Å². The molecular weight excluding hydrogens is 272 g/mol. The van der Waals surface area contributed by atoms with Gasteiger partial charge in [-0.15, -0.1) is 0 Å². The Morgan fingerprint density at radius 3 is 2.57 bits per heavy atom. The fourth-order valence-electron chi connectivity index (χ4n) is 3.37. The van der Waals surface area contributed by atoms with Gasteiger partial charge in [-0.2, -0.15) is 0 Å². The molecule has 0 radical (unpaired) electrons. The van der Waals surface area contributed by atoms with Crippen molar-refractivity contribution in [3.05, 3.63) is 0 Å². The van der Waals surface area contributed by atoms with Gasteiger partial charge in [0.05, 0.1) is 6.10 Å². The first-order chi connectivity index (χ1) is 10.0. The van der Waals surface area contributed by atoms with Crippen molar-refractivity contribution in [3.63, 3.8) is 0 Å². The first-order valence-corrected chi connectivity index (χ1v) is 7.64. The van der Waals surface area contributed by atoms with Gasteiger partial charge in [-0.25, -0.2) is 0 Å². The quantitative estimate of drug-likeness (QED) is 0.734. The Morgan fingerprint density at radius 1 is 1.38 bits per heavy atom. The molecule has 0 unspecified atom stereocenters. The first-order valence-electron chi connectivity index (χ1n) is 7.64. The molecule has 2 fully saturated rings. The molecule has 6 nitrogen and oxygen atoms in total. The van der Waals surface area contributed by atoms with Crippen LogP contribution in [0.4, 0.5) is 0 Å². The van der Waals surface area contributed by atoms with E-state index in [1.807, 2.05) is 11.9 Å². The number of hydrogen-bond acceptors (Lipinski definition) is 5. The monoisotopic (exact) mass is 300 g/mol. The summed E-state index contributed by atoms with van der Waals surface area (Å²) in [5.41, 5.74) is -0.704. The summed E-state index contributed by atoms with van der Waals surface area (Å²) in [7, 11) is 7.33. The summed E-state index contributed by atoms with van der Waals surface area (Å²) < 4.78 is 16.4. The van der Waals surface area contributed by atoms with Gasteiger partial charge < -0.3 is 19.1 Å². The molecule has 0 N–H and O–H groups in total. The summed E-state index contributed by atoms with van der Waals surface area (Å²) in [5.74, 6) is 0.0718. The lowest BCUT2D eigenvalue weighted by Gasteiger charge is -2.38. The van der Waals surface area contributed by atoms with E-state index in [0.717, 1.165) is 13.0 Å². The summed E-state index contributed by atoms with van der Waals surface area (Å²) in [6.07, 6.45) is 2.50.